The topological polar surface area (TPSA) is 70.1 Å². The highest BCUT2D eigenvalue weighted by atomic mass is 19.1. The molecular weight excluding hydrogens is 483 g/mol. The van der Waals surface area contributed by atoms with Gasteiger partial charge in [0.1, 0.15) is 23.9 Å². The number of amides is 1. The summed E-state index contributed by atoms with van der Waals surface area (Å²) in [5.74, 6) is -1.86. The lowest BCUT2D eigenvalue weighted by atomic mass is 9.95. The first-order chi connectivity index (χ1) is 18.3. The SMILES string of the molecule is CCN(CC)CCN1C(=O)C(=O)/C(=C(/O)c2ccc(OCc3cccc(C)c3)cc2)C1c1ccccc1F. The van der Waals surface area contributed by atoms with E-state index in [1.807, 2.05) is 45.0 Å². The van der Waals surface area contributed by atoms with Crippen LogP contribution in [0.5, 0.6) is 5.75 Å². The molecule has 1 saturated heterocycles. The molecule has 3 aromatic carbocycles. The van der Waals surface area contributed by atoms with Gasteiger partial charge in [-0.15, -0.1) is 0 Å². The van der Waals surface area contributed by atoms with Crippen molar-refractivity contribution in [2.24, 2.45) is 0 Å². The molecule has 38 heavy (non-hydrogen) atoms. The molecule has 0 radical (unpaired) electrons. The number of likely N-dealkylation sites (tertiary alicyclic amines) is 1. The van der Waals surface area contributed by atoms with Gasteiger partial charge in [-0.25, -0.2) is 4.39 Å². The summed E-state index contributed by atoms with van der Waals surface area (Å²) in [5, 5.41) is 11.3. The molecule has 0 spiro atoms. The lowest BCUT2D eigenvalue weighted by Gasteiger charge is -2.28. The fourth-order valence-electron chi connectivity index (χ4n) is 4.75. The molecule has 1 aliphatic rings. The molecule has 1 fully saturated rings. The number of benzene rings is 3. The summed E-state index contributed by atoms with van der Waals surface area (Å²) in [6.07, 6.45) is 0. The van der Waals surface area contributed by atoms with Crippen molar-refractivity contribution in [2.75, 3.05) is 26.2 Å². The van der Waals surface area contributed by atoms with Crippen molar-refractivity contribution in [1.82, 2.24) is 9.80 Å². The van der Waals surface area contributed by atoms with Crippen molar-refractivity contribution >= 4 is 17.4 Å². The first-order valence-electron chi connectivity index (χ1n) is 12.9. The number of hydrogen-bond acceptors (Lipinski definition) is 5. The summed E-state index contributed by atoms with van der Waals surface area (Å²) in [5.41, 5.74) is 2.57. The zero-order chi connectivity index (χ0) is 27.2. The highest BCUT2D eigenvalue weighted by molar-refractivity contribution is 6.46. The zero-order valence-corrected chi connectivity index (χ0v) is 22.0. The number of ketones is 1. The maximum atomic E-state index is 15.0. The number of aryl methyl sites for hydroxylation is 1. The van der Waals surface area contributed by atoms with Gasteiger partial charge < -0.3 is 19.6 Å². The van der Waals surface area contributed by atoms with E-state index in [-0.39, 0.29) is 23.4 Å². The van der Waals surface area contributed by atoms with Gasteiger partial charge in [-0.3, -0.25) is 9.59 Å². The third-order valence-corrected chi connectivity index (χ3v) is 6.91. The van der Waals surface area contributed by atoms with Crippen LogP contribution in [0.1, 0.15) is 42.1 Å². The number of likely N-dealkylation sites (N-methyl/N-ethyl adjacent to an activating group) is 1. The molecular formula is C31H33FN2O4. The maximum Gasteiger partial charge on any atom is 0.295 e. The van der Waals surface area contributed by atoms with Crippen LogP contribution in [0.15, 0.2) is 78.4 Å². The normalized spacial score (nSPS) is 16.9. The Balaban J connectivity index is 1.65. The summed E-state index contributed by atoms with van der Waals surface area (Å²) in [4.78, 5) is 29.8. The lowest BCUT2D eigenvalue weighted by Crippen LogP contribution is -2.38. The Bertz CT molecular complexity index is 1330. The highest BCUT2D eigenvalue weighted by Gasteiger charge is 2.46. The second-order valence-electron chi connectivity index (χ2n) is 9.34. The largest absolute Gasteiger partial charge is 0.507 e. The van der Waals surface area contributed by atoms with E-state index in [1.165, 1.54) is 11.0 Å². The number of Topliss-reactive ketones (excluding diaryl/α,β-unsaturated/α-hetero) is 1. The van der Waals surface area contributed by atoms with E-state index in [4.69, 9.17) is 4.74 Å². The van der Waals surface area contributed by atoms with Crippen LogP contribution in [0.4, 0.5) is 4.39 Å². The lowest BCUT2D eigenvalue weighted by molar-refractivity contribution is -0.140. The van der Waals surface area contributed by atoms with Gasteiger partial charge in [0.2, 0.25) is 0 Å². The quantitative estimate of drug-likeness (QED) is 0.220. The maximum absolute atomic E-state index is 15.0. The Kier molecular flexibility index (Phi) is 8.59. The van der Waals surface area contributed by atoms with Gasteiger partial charge in [0, 0.05) is 24.2 Å². The van der Waals surface area contributed by atoms with Crippen LogP contribution in [0.2, 0.25) is 0 Å². The minimum Gasteiger partial charge on any atom is -0.507 e. The molecule has 1 unspecified atom stereocenters. The van der Waals surface area contributed by atoms with Gasteiger partial charge in [-0.2, -0.15) is 0 Å². The summed E-state index contributed by atoms with van der Waals surface area (Å²) in [7, 11) is 0. The molecule has 0 aliphatic carbocycles. The van der Waals surface area contributed by atoms with Crippen LogP contribution in [0, 0.1) is 12.7 Å². The number of halogens is 1. The van der Waals surface area contributed by atoms with Crippen molar-refractivity contribution in [2.45, 2.75) is 33.4 Å². The Labute approximate surface area is 223 Å². The molecule has 6 nitrogen and oxygen atoms in total. The van der Waals surface area contributed by atoms with E-state index in [2.05, 4.69) is 4.90 Å². The standard InChI is InChI=1S/C31H33FN2O4/c1-4-33(5-2)17-18-34-28(25-11-6-7-12-26(25)32)27(30(36)31(34)37)29(35)23-13-15-24(16-14-23)38-20-22-10-8-9-21(3)19-22/h6-16,19,28,35H,4-5,17-18,20H2,1-3H3/b29-27+. The molecule has 1 N–H and O–H groups in total. The smallest absolute Gasteiger partial charge is 0.295 e. The number of rotatable bonds is 10. The number of carbonyl (C=O) groups is 2. The van der Waals surface area contributed by atoms with Crippen LogP contribution >= 0.6 is 0 Å². The van der Waals surface area contributed by atoms with Crippen molar-refractivity contribution in [3.05, 3.63) is 106 Å². The number of carbonyl (C=O) groups excluding carboxylic acids is 2. The third-order valence-electron chi connectivity index (χ3n) is 6.91. The van der Waals surface area contributed by atoms with Gasteiger partial charge in [-0.1, -0.05) is 61.9 Å². The second kappa shape index (κ2) is 12.0. The van der Waals surface area contributed by atoms with E-state index in [9.17, 15) is 19.1 Å². The van der Waals surface area contributed by atoms with Gasteiger partial charge in [-0.05, 0) is 55.9 Å². The van der Waals surface area contributed by atoms with Crippen LogP contribution in [0.25, 0.3) is 5.76 Å². The first kappa shape index (κ1) is 27.1. The number of nitrogens with zero attached hydrogens (tertiary/aromatic N) is 2. The Morgan fingerprint density at radius 1 is 1.00 bits per heavy atom. The number of aliphatic hydroxyl groups is 1. The van der Waals surface area contributed by atoms with Crippen LogP contribution in [0.3, 0.4) is 0 Å². The molecule has 7 heteroatoms. The average molecular weight is 517 g/mol. The molecule has 0 saturated carbocycles. The van der Waals surface area contributed by atoms with E-state index < -0.39 is 23.5 Å². The number of ether oxygens (including phenoxy) is 1. The van der Waals surface area contributed by atoms with Crippen molar-refractivity contribution in [3.63, 3.8) is 0 Å². The van der Waals surface area contributed by atoms with Gasteiger partial charge in [0.15, 0.2) is 0 Å². The third kappa shape index (κ3) is 5.78. The predicted molar refractivity (Wildman–Crippen MR) is 145 cm³/mol. The van der Waals surface area contributed by atoms with E-state index in [0.717, 1.165) is 24.2 Å². The molecule has 198 valence electrons. The van der Waals surface area contributed by atoms with Gasteiger partial charge >= 0.3 is 0 Å². The monoisotopic (exact) mass is 516 g/mol. The van der Waals surface area contributed by atoms with Crippen molar-refractivity contribution in [1.29, 1.82) is 0 Å². The Morgan fingerprint density at radius 3 is 2.37 bits per heavy atom. The number of aliphatic hydroxyl groups excluding tert-OH is 1. The molecule has 4 rings (SSSR count). The van der Waals surface area contributed by atoms with E-state index in [0.29, 0.717) is 24.5 Å². The Morgan fingerprint density at radius 2 is 1.71 bits per heavy atom. The molecule has 3 aromatic rings. The minimum atomic E-state index is -1.02. The molecule has 0 aromatic heterocycles. The predicted octanol–water partition coefficient (Wildman–Crippen LogP) is 5.48. The summed E-state index contributed by atoms with van der Waals surface area (Å²) in [6, 6.07) is 19.7. The fourth-order valence-corrected chi connectivity index (χ4v) is 4.75. The highest BCUT2D eigenvalue weighted by Crippen LogP contribution is 2.40. The van der Waals surface area contributed by atoms with Crippen LogP contribution in [-0.2, 0) is 16.2 Å². The van der Waals surface area contributed by atoms with Gasteiger partial charge in [0.25, 0.3) is 11.7 Å². The van der Waals surface area contributed by atoms with Crippen molar-refractivity contribution < 1.29 is 23.8 Å². The first-order valence-corrected chi connectivity index (χ1v) is 12.9. The Hall–Kier alpha value is -3.97. The second-order valence-corrected chi connectivity index (χ2v) is 9.34. The summed E-state index contributed by atoms with van der Waals surface area (Å²) >= 11 is 0. The molecule has 1 atom stereocenters. The van der Waals surface area contributed by atoms with Crippen molar-refractivity contribution in [3.8, 4) is 5.75 Å². The van der Waals surface area contributed by atoms with Gasteiger partial charge in [0.05, 0.1) is 11.6 Å². The van der Waals surface area contributed by atoms with E-state index in [1.54, 1.807) is 42.5 Å². The number of hydrogen-bond donors (Lipinski definition) is 1. The molecule has 1 heterocycles. The molecule has 0 bridgehead atoms. The van der Waals surface area contributed by atoms with Crippen LogP contribution in [-0.4, -0.2) is 52.8 Å². The average Bonchev–Trinajstić information content (AvgIpc) is 3.17. The molecule has 1 amide bonds. The molecule has 1 aliphatic heterocycles. The van der Waals surface area contributed by atoms with Crippen LogP contribution < -0.4 is 4.74 Å². The summed E-state index contributed by atoms with van der Waals surface area (Å²) in [6.45, 7) is 8.75. The van der Waals surface area contributed by atoms with E-state index >= 15 is 0 Å². The zero-order valence-electron chi connectivity index (χ0n) is 22.0. The fraction of sp³-hybridized carbons (Fsp3) is 0.290. The summed E-state index contributed by atoms with van der Waals surface area (Å²) < 4.78 is 20.8. The minimum absolute atomic E-state index is 0.118.